The van der Waals surface area contributed by atoms with Gasteiger partial charge in [-0.05, 0) is 17.5 Å². The minimum absolute atomic E-state index is 0.279. The first kappa shape index (κ1) is 13.5. The predicted molar refractivity (Wildman–Crippen MR) is 71.9 cm³/mol. The van der Waals surface area contributed by atoms with E-state index >= 15 is 0 Å². The standard InChI is InChI=1S/C14H19N3O2/c1-10(2)11-5-3-4-6-12(11)18-9-14-17-16-13(19-14)7-8-15/h3-6,10H,7-9,15H2,1-2H3. The summed E-state index contributed by atoms with van der Waals surface area (Å²) in [6, 6.07) is 7.98. The van der Waals surface area contributed by atoms with Crippen LogP contribution in [0.5, 0.6) is 5.75 Å². The minimum Gasteiger partial charge on any atom is -0.484 e. The molecule has 0 atom stereocenters. The largest absolute Gasteiger partial charge is 0.484 e. The van der Waals surface area contributed by atoms with E-state index in [-0.39, 0.29) is 6.61 Å². The Labute approximate surface area is 112 Å². The molecule has 0 aliphatic rings. The highest BCUT2D eigenvalue weighted by Gasteiger charge is 2.10. The van der Waals surface area contributed by atoms with Gasteiger partial charge in [0, 0.05) is 13.0 Å². The number of para-hydroxylation sites is 1. The second kappa shape index (κ2) is 6.33. The van der Waals surface area contributed by atoms with Gasteiger partial charge in [0.05, 0.1) is 0 Å². The molecule has 2 N–H and O–H groups in total. The van der Waals surface area contributed by atoms with Crippen LogP contribution in [0.15, 0.2) is 28.7 Å². The van der Waals surface area contributed by atoms with Crippen molar-refractivity contribution in [2.45, 2.75) is 32.8 Å². The smallest absolute Gasteiger partial charge is 0.253 e. The highest BCUT2D eigenvalue weighted by molar-refractivity contribution is 5.35. The van der Waals surface area contributed by atoms with Crippen LogP contribution in [0.25, 0.3) is 0 Å². The van der Waals surface area contributed by atoms with E-state index in [1.165, 1.54) is 5.56 Å². The fourth-order valence-corrected chi connectivity index (χ4v) is 1.80. The van der Waals surface area contributed by atoms with E-state index < -0.39 is 0 Å². The molecule has 1 aromatic carbocycles. The SMILES string of the molecule is CC(C)c1ccccc1OCc1nnc(CCN)o1. The Bertz CT molecular complexity index is 523. The summed E-state index contributed by atoms with van der Waals surface area (Å²) >= 11 is 0. The molecule has 0 radical (unpaired) electrons. The quantitative estimate of drug-likeness (QED) is 0.863. The van der Waals surface area contributed by atoms with Gasteiger partial charge in [0.2, 0.25) is 5.89 Å². The van der Waals surface area contributed by atoms with Crippen LogP contribution in [0, 0.1) is 0 Å². The summed E-state index contributed by atoms with van der Waals surface area (Å²) in [5.41, 5.74) is 6.60. The van der Waals surface area contributed by atoms with Crippen LogP contribution < -0.4 is 10.5 Å². The van der Waals surface area contributed by atoms with Crippen molar-refractivity contribution in [2.75, 3.05) is 6.54 Å². The van der Waals surface area contributed by atoms with E-state index in [0.717, 1.165) is 5.75 Å². The van der Waals surface area contributed by atoms with Crippen molar-refractivity contribution >= 4 is 0 Å². The average molecular weight is 261 g/mol. The Morgan fingerprint density at radius 3 is 2.68 bits per heavy atom. The molecular formula is C14H19N3O2. The molecule has 0 unspecified atom stereocenters. The third kappa shape index (κ3) is 3.54. The highest BCUT2D eigenvalue weighted by Crippen LogP contribution is 2.26. The van der Waals surface area contributed by atoms with Gasteiger partial charge in [-0.25, -0.2) is 0 Å². The number of hydrogen-bond acceptors (Lipinski definition) is 5. The van der Waals surface area contributed by atoms with Gasteiger partial charge in [-0.15, -0.1) is 10.2 Å². The zero-order valence-corrected chi connectivity index (χ0v) is 11.3. The van der Waals surface area contributed by atoms with Crippen molar-refractivity contribution in [2.24, 2.45) is 5.73 Å². The first-order chi connectivity index (χ1) is 9.20. The van der Waals surface area contributed by atoms with Crippen molar-refractivity contribution < 1.29 is 9.15 Å². The molecule has 0 amide bonds. The summed E-state index contributed by atoms with van der Waals surface area (Å²) in [5, 5.41) is 7.83. The second-order valence-corrected chi connectivity index (χ2v) is 4.61. The lowest BCUT2D eigenvalue weighted by Crippen LogP contribution is -2.02. The summed E-state index contributed by atoms with van der Waals surface area (Å²) in [6.07, 6.45) is 0.593. The van der Waals surface area contributed by atoms with E-state index in [1.807, 2.05) is 18.2 Å². The van der Waals surface area contributed by atoms with E-state index in [0.29, 0.717) is 30.7 Å². The van der Waals surface area contributed by atoms with Crippen LogP contribution in [0.3, 0.4) is 0 Å². The van der Waals surface area contributed by atoms with Crippen molar-refractivity contribution in [3.05, 3.63) is 41.6 Å². The number of aromatic nitrogens is 2. The summed E-state index contributed by atoms with van der Waals surface area (Å²) in [4.78, 5) is 0. The molecule has 19 heavy (non-hydrogen) atoms. The van der Waals surface area contributed by atoms with Gasteiger partial charge in [-0.2, -0.15) is 0 Å². The molecule has 0 aliphatic carbocycles. The van der Waals surface area contributed by atoms with Crippen molar-refractivity contribution in [1.29, 1.82) is 0 Å². The monoisotopic (exact) mass is 261 g/mol. The van der Waals surface area contributed by atoms with Crippen LogP contribution in [0.1, 0.15) is 37.1 Å². The zero-order valence-electron chi connectivity index (χ0n) is 11.3. The molecule has 102 valence electrons. The number of ether oxygens (including phenoxy) is 1. The highest BCUT2D eigenvalue weighted by atomic mass is 16.5. The van der Waals surface area contributed by atoms with Crippen LogP contribution in [-0.2, 0) is 13.0 Å². The maximum atomic E-state index is 5.75. The molecule has 0 saturated heterocycles. The first-order valence-corrected chi connectivity index (χ1v) is 6.43. The first-order valence-electron chi connectivity index (χ1n) is 6.43. The Morgan fingerprint density at radius 2 is 1.95 bits per heavy atom. The normalized spacial score (nSPS) is 10.9. The average Bonchev–Trinajstić information content (AvgIpc) is 2.85. The third-order valence-corrected chi connectivity index (χ3v) is 2.76. The van der Waals surface area contributed by atoms with E-state index in [2.05, 4.69) is 30.1 Å². The molecular weight excluding hydrogens is 242 g/mol. The van der Waals surface area contributed by atoms with Crippen molar-refractivity contribution in [3.63, 3.8) is 0 Å². The summed E-state index contributed by atoms with van der Waals surface area (Å²) in [7, 11) is 0. The fourth-order valence-electron chi connectivity index (χ4n) is 1.80. The Kier molecular flexibility index (Phi) is 4.52. The van der Waals surface area contributed by atoms with Crippen LogP contribution in [0.2, 0.25) is 0 Å². The Morgan fingerprint density at radius 1 is 1.21 bits per heavy atom. The zero-order chi connectivity index (χ0) is 13.7. The molecule has 0 spiro atoms. The molecule has 2 aromatic rings. The molecule has 0 saturated carbocycles. The Hall–Kier alpha value is -1.88. The summed E-state index contributed by atoms with van der Waals surface area (Å²) < 4.78 is 11.2. The van der Waals surface area contributed by atoms with Gasteiger partial charge in [0.15, 0.2) is 6.61 Å². The molecule has 1 heterocycles. The number of nitrogens with two attached hydrogens (primary N) is 1. The number of rotatable bonds is 6. The molecule has 0 aliphatic heterocycles. The van der Waals surface area contributed by atoms with Crippen molar-refractivity contribution in [3.8, 4) is 5.75 Å². The molecule has 0 fully saturated rings. The minimum atomic E-state index is 0.279. The maximum absolute atomic E-state index is 5.75. The molecule has 1 aromatic heterocycles. The van der Waals surface area contributed by atoms with Gasteiger partial charge >= 0.3 is 0 Å². The lowest BCUT2D eigenvalue weighted by atomic mass is 10.0. The van der Waals surface area contributed by atoms with E-state index in [9.17, 15) is 0 Å². The van der Waals surface area contributed by atoms with E-state index in [4.69, 9.17) is 14.9 Å². The van der Waals surface area contributed by atoms with Gasteiger partial charge < -0.3 is 14.9 Å². The number of benzene rings is 1. The summed E-state index contributed by atoms with van der Waals surface area (Å²) in [6.45, 7) is 5.04. The predicted octanol–water partition coefficient (Wildman–Crippen LogP) is 2.27. The molecule has 5 heteroatoms. The van der Waals surface area contributed by atoms with Gasteiger partial charge in [-0.1, -0.05) is 32.0 Å². The van der Waals surface area contributed by atoms with Crippen molar-refractivity contribution in [1.82, 2.24) is 10.2 Å². The molecule has 2 rings (SSSR count). The third-order valence-electron chi connectivity index (χ3n) is 2.76. The van der Waals surface area contributed by atoms with E-state index in [1.54, 1.807) is 0 Å². The van der Waals surface area contributed by atoms with Crippen LogP contribution >= 0.6 is 0 Å². The van der Waals surface area contributed by atoms with Gasteiger partial charge in [0.1, 0.15) is 5.75 Å². The lowest BCUT2D eigenvalue weighted by Gasteiger charge is -2.12. The Balaban J connectivity index is 2.01. The van der Waals surface area contributed by atoms with Crippen LogP contribution in [0.4, 0.5) is 0 Å². The summed E-state index contributed by atoms with van der Waals surface area (Å²) in [5.74, 6) is 2.29. The van der Waals surface area contributed by atoms with Gasteiger partial charge in [-0.3, -0.25) is 0 Å². The molecule has 5 nitrogen and oxygen atoms in total. The lowest BCUT2D eigenvalue weighted by molar-refractivity contribution is 0.256. The maximum Gasteiger partial charge on any atom is 0.253 e. The topological polar surface area (TPSA) is 74.2 Å². The fraction of sp³-hybridized carbons (Fsp3) is 0.429. The molecule has 0 bridgehead atoms. The van der Waals surface area contributed by atoms with Crippen LogP contribution in [-0.4, -0.2) is 16.7 Å². The van der Waals surface area contributed by atoms with Gasteiger partial charge in [0.25, 0.3) is 5.89 Å². The second-order valence-electron chi connectivity index (χ2n) is 4.61. The number of nitrogens with zero attached hydrogens (tertiary/aromatic N) is 2. The number of hydrogen-bond donors (Lipinski definition) is 1.